The Kier molecular flexibility index (Phi) is 3.63. The fourth-order valence-corrected chi connectivity index (χ4v) is 2.81. The van der Waals surface area contributed by atoms with Crippen LogP contribution in [0.3, 0.4) is 0 Å². The average molecular weight is 207 g/mol. The SMILES string of the molecule is C#CCCC(NC)C1CN2CCN1CC2. The number of nitrogens with one attached hydrogen (secondary N) is 1. The molecule has 3 fully saturated rings. The minimum absolute atomic E-state index is 0.559. The molecule has 0 aromatic rings. The molecule has 0 aromatic carbocycles. The Morgan fingerprint density at radius 1 is 1.40 bits per heavy atom. The number of terminal acetylenes is 1. The first-order valence-corrected chi connectivity index (χ1v) is 5.92. The summed E-state index contributed by atoms with van der Waals surface area (Å²) in [7, 11) is 2.06. The van der Waals surface area contributed by atoms with Gasteiger partial charge in [0.2, 0.25) is 0 Å². The molecule has 3 saturated heterocycles. The van der Waals surface area contributed by atoms with E-state index in [-0.39, 0.29) is 0 Å². The third-order valence-electron chi connectivity index (χ3n) is 3.76. The zero-order valence-electron chi connectivity index (χ0n) is 9.58. The van der Waals surface area contributed by atoms with Crippen molar-refractivity contribution < 1.29 is 0 Å². The molecule has 0 saturated carbocycles. The van der Waals surface area contributed by atoms with Crippen molar-refractivity contribution in [2.45, 2.75) is 24.9 Å². The van der Waals surface area contributed by atoms with Crippen molar-refractivity contribution in [1.82, 2.24) is 15.1 Å². The summed E-state index contributed by atoms with van der Waals surface area (Å²) in [5.74, 6) is 2.74. The predicted octanol–water partition coefficient (Wildman–Crippen LogP) is -0.0124. The van der Waals surface area contributed by atoms with Gasteiger partial charge in [0, 0.05) is 51.2 Å². The Labute approximate surface area is 92.8 Å². The molecule has 3 heterocycles. The van der Waals surface area contributed by atoms with Gasteiger partial charge in [0.1, 0.15) is 0 Å². The maximum atomic E-state index is 5.34. The highest BCUT2D eigenvalue weighted by atomic mass is 15.4. The van der Waals surface area contributed by atoms with E-state index in [0.29, 0.717) is 12.1 Å². The van der Waals surface area contributed by atoms with Crippen molar-refractivity contribution in [3.63, 3.8) is 0 Å². The number of rotatable bonds is 4. The lowest BCUT2D eigenvalue weighted by Crippen LogP contribution is -2.66. The number of nitrogens with zero attached hydrogens (tertiary/aromatic N) is 2. The second-order valence-electron chi connectivity index (χ2n) is 4.54. The van der Waals surface area contributed by atoms with Crippen molar-refractivity contribution >= 4 is 0 Å². The average Bonchev–Trinajstić information content (AvgIpc) is 2.32. The zero-order valence-corrected chi connectivity index (χ0v) is 9.58. The van der Waals surface area contributed by atoms with Gasteiger partial charge in [-0.15, -0.1) is 12.3 Å². The van der Waals surface area contributed by atoms with Gasteiger partial charge in [0.15, 0.2) is 0 Å². The minimum atomic E-state index is 0.559. The smallest absolute Gasteiger partial charge is 0.0377 e. The van der Waals surface area contributed by atoms with E-state index in [1.807, 2.05) is 0 Å². The van der Waals surface area contributed by atoms with Gasteiger partial charge in [-0.2, -0.15) is 0 Å². The van der Waals surface area contributed by atoms with Crippen LogP contribution in [0.5, 0.6) is 0 Å². The Hall–Kier alpha value is -0.560. The molecule has 0 aromatic heterocycles. The molecule has 0 amide bonds. The third-order valence-corrected chi connectivity index (χ3v) is 3.76. The molecule has 3 rings (SSSR count). The summed E-state index contributed by atoms with van der Waals surface area (Å²) in [6, 6.07) is 1.23. The van der Waals surface area contributed by atoms with E-state index < -0.39 is 0 Å². The van der Waals surface area contributed by atoms with Gasteiger partial charge in [-0.25, -0.2) is 0 Å². The molecule has 3 aliphatic rings. The first kappa shape index (κ1) is 10.9. The van der Waals surface area contributed by atoms with Crippen molar-refractivity contribution in [3.05, 3.63) is 0 Å². The molecule has 0 radical (unpaired) electrons. The van der Waals surface area contributed by atoms with Crippen LogP contribution in [-0.2, 0) is 0 Å². The molecule has 2 atom stereocenters. The molecular formula is C12H21N3. The zero-order chi connectivity index (χ0) is 10.7. The second-order valence-corrected chi connectivity index (χ2v) is 4.54. The summed E-state index contributed by atoms with van der Waals surface area (Å²) < 4.78 is 0. The number of likely N-dealkylation sites (N-methyl/N-ethyl adjacent to an activating group) is 1. The van der Waals surface area contributed by atoms with Gasteiger partial charge in [-0.05, 0) is 13.5 Å². The molecule has 3 heteroatoms. The molecule has 0 aliphatic carbocycles. The molecule has 15 heavy (non-hydrogen) atoms. The Balaban J connectivity index is 1.93. The lowest BCUT2D eigenvalue weighted by molar-refractivity contribution is -0.00309. The minimum Gasteiger partial charge on any atom is -0.315 e. The predicted molar refractivity (Wildman–Crippen MR) is 62.7 cm³/mol. The van der Waals surface area contributed by atoms with E-state index in [2.05, 4.69) is 28.1 Å². The van der Waals surface area contributed by atoms with E-state index in [4.69, 9.17) is 6.42 Å². The normalized spacial score (nSPS) is 36.1. The highest BCUT2D eigenvalue weighted by Gasteiger charge is 2.35. The van der Waals surface area contributed by atoms with Crippen LogP contribution in [0.2, 0.25) is 0 Å². The van der Waals surface area contributed by atoms with Crippen LogP contribution in [0.15, 0.2) is 0 Å². The fourth-order valence-electron chi connectivity index (χ4n) is 2.81. The number of hydrogen-bond donors (Lipinski definition) is 1. The van der Waals surface area contributed by atoms with E-state index in [1.54, 1.807) is 0 Å². The largest absolute Gasteiger partial charge is 0.315 e. The molecule has 0 spiro atoms. The molecule has 3 nitrogen and oxygen atoms in total. The molecule has 2 bridgehead atoms. The van der Waals surface area contributed by atoms with Gasteiger partial charge >= 0.3 is 0 Å². The van der Waals surface area contributed by atoms with E-state index >= 15 is 0 Å². The Morgan fingerprint density at radius 3 is 2.60 bits per heavy atom. The molecule has 1 N–H and O–H groups in total. The van der Waals surface area contributed by atoms with E-state index in [0.717, 1.165) is 12.8 Å². The van der Waals surface area contributed by atoms with Crippen molar-refractivity contribution in [2.24, 2.45) is 0 Å². The van der Waals surface area contributed by atoms with Gasteiger partial charge in [0.05, 0.1) is 0 Å². The van der Waals surface area contributed by atoms with Crippen LogP contribution in [0.1, 0.15) is 12.8 Å². The Morgan fingerprint density at radius 2 is 2.13 bits per heavy atom. The first-order chi connectivity index (χ1) is 7.35. The summed E-state index contributed by atoms with van der Waals surface area (Å²) >= 11 is 0. The van der Waals surface area contributed by atoms with Crippen LogP contribution < -0.4 is 5.32 Å². The lowest BCUT2D eigenvalue weighted by atomic mass is 9.96. The van der Waals surface area contributed by atoms with Gasteiger partial charge in [-0.3, -0.25) is 9.80 Å². The maximum Gasteiger partial charge on any atom is 0.0377 e. The third kappa shape index (κ3) is 2.34. The number of fused-ring (bicyclic) bond motifs is 3. The highest BCUT2D eigenvalue weighted by molar-refractivity contribution is 4.96. The van der Waals surface area contributed by atoms with Crippen LogP contribution in [0, 0.1) is 12.3 Å². The standard InChI is InChI=1S/C12H21N3/c1-3-4-5-11(13-2)12-10-14-6-8-15(12)9-7-14/h1,11-13H,4-10H2,2H3. The van der Waals surface area contributed by atoms with Gasteiger partial charge in [-0.1, -0.05) is 0 Å². The first-order valence-electron chi connectivity index (χ1n) is 5.92. The van der Waals surface area contributed by atoms with Crippen molar-refractivity contribution in [1.29, 1.82) is 0 Å². The fraction of sp³-hybridized carbons (Fsp3) is 0.833. The highest BCUT2D eigenvalue weighted by Crippen LogP contribution is 2.20. The quantitative estimate of drug-likeness (QED) is 0.654. The van der Waals surface area contributed by atoms with Crippen LogP contribution >= 0.6 is 0 Å². The topological polar surface area (TPSA) is 18.5 Å². The Bertz CT molecular complexity index is 238. The molecule has 84 valence electrons. The second kappa shape index (κ2) is 4.98. The molecule has 2 unspecified atom stereocenters. The monoisotopic (exact) mass is 207 g/mol. The maximum absolute atomic E-state index is 5.34. The van der Waals surface area contributed by atoms with Gasteiger partial charge < -0.3 is 5.32 Å². The summed E-state index contributed by atoms with van der Waals surface area (Å²) in [5.41, 5.74) is 0. The van der Waals surface area contributed by atoms with Gasteiger partial charge in [0.25, 0.3) is 0 Å². The summed E-state index contributed by atoms with van der Waals surface area (Å²) in [4.78, 5) is 5.20. The van der Waals surface area contributed by atoms with Crippen molar-refractivity contribution in [2.75, 3.05) is 39.8 Å². The lowest BCUT2D eigenvalue weighted by Gasteiger charge is -2.50. The van der Waals surface area contributed by atoms with Crippen LogP contribution in [0.25, 0.3) is 0 Å². The number of hydrogen-bond acceptors (Lipinski definition) is 3. The summed E-state index contributed by atoms with van der Waals surface area (Å²) in [6.45, 7) is 6.19. The van der Waals surface area contributed by atoms with E-state index in [1.165, 1.54) is 32.7 Å². The van der Waals surface area contributed by atoms with Crippen LogP contribution in [-0.4, -0.2) is 61.7 Å². The summed E-state index contributed by atoms with van der Waals surface area (Å²) in [5, 5.41) is 3.43. The van der Waals surface area contributed by atoms with Crippen molar-refractivity contribution in [3.8, 4) is 12.3 Å². The molecule has 3 aliphatic heterocycles. The van der Waals surface area contributed by atoms with Crippen LogP contribution in [0.4, 0.5) is 0 Å². The van der Waals surface area contributed by atoms with E-state index in [9.17, 15) is 0 Å². The molecular weight excluding hydrogens is 186 g/mol. The number of piperazine rings is 3. The summed E-state index contributed by atoms with van der Waals surface area (Å²) in [6.07, 6.45) is 7.32.